The predicted octanol–water partition coefficient (Wildman–Crippen LogP) is 4.11. The summed E-state index contributed by atoms with van der Waals surface area (Å²) in [6.07, 6.45) is 0.635. The highest BCUT2D eigenvalue weighted by Gasteiger charge is 2.14. The van der Waals surface area contributed by atoms with E-state index in [1.165, 1.54) is 12.1 Å². The molecule has 1 unspecified atom stereocenters. The van der Waals surface area contributed by atoms with Crippen molar-refractivity contribution in [2.75, 3.05) is 7.11 Å². The van der Waals surface area contributed by atoms with Crippen LogP contribution in [0.15, 0.2) is 45.3 Å². The Labute approximate surface area is 139 Å². The molecule has 0 amide bonds. The van der Waals surface area contributed by atoms with Crippen LogP contribution in [-0.4, -0.2) is 7.11 Å². The zero-order valence-electron chi connectivity index (χ0n) is 11.4. The van der Waals surface area contributed by atoms with Crippen molar-refractivity contribution < 1.29 is 9.13 Å². The first-order valence-electron chi connectivity index (χ1n) is 6.28. The highest BCUT2D eigenvalue weighted by Crippen LogP contribution is 2.30. The zero-order valence-corrected chi connectivity index (χ0v) is 14.5. The molecule has 0 fully saturated rings. The lowest BCUT2D eigenvalue weighted by Crippen LogP contribution is -2.29. The molecule has 0 aliphatic rings. The summed E-state index contributed by atoms with van der Waals surface area (Å²) >= 11 is 6.84. The maximum absolute atomic E-state index is 13.1. The Hall–Kier alpha value is -0.950. The molecular formula is C15H15Br2FN2O. The van der Waals surface area contributed by atoms with Gasteiger partial charge in [0, 0.05) is 4.47 Å². The molecule has 3 nitrogen and oxygen atoms in total. The van der Waals surface area contributed by atoms with Gasteiger partial charge in [-0.3, -0.25) is 11.3 Å². The van der Waals surface area contributed by atoms with Crippen molar-refractivity contribution >= 4 is 31.9 Å². The Balaban J connectivity index is 2.25. The number of methoxy groups -OCH3 is 1. The van der Waals surface area contributed by atoms with E-state index in [0.29, 0.717) is 6.42 Å². The van der Waals surface area contributed by atoms with Gasteiger partial charge >= 0.3 is 0 Å². The summed E-state index contributed by atoms with van der Waals surface area (Å²) in [4.78, 5) is 0. The van der Waals surface area contributed by atoms with Gasteiger partial charge in [0.25, 0.3) is 0 Å². The predicted molar refractivity (Wildman–Crippen MR) is 88.6 cm³/mol. The van der Waals surface area contributed by atoms with Crippen LogP contribution in [0, 0.1) is 5.82 Å². The van der Waals surface area contributed by atoms with Crippen molar-refractivity contribution in [2.45, 2.75) is 12.5 Å². The molecule has 0 saturated carbocycles. The smallest absolute Gasteiger partial charge is 0.133 e. The lowest BCUT2D eigenvalue weighted by atomic mass is 9.99. The Bertz CT molecular complexity index is 637. The summed E-state index contributed by atoms with van der Waals surface area (Å²) in [6.45, 7) is 0. The molecule has 2 rings (SSSR count). The van der Waals surface area contributed by atoms with E-state index in [4.69, 9.17) is 10.6 Å². The Morgan fingerprint density at radius 2 is 1.95 bits per heavy atom. The molecule has 0 aromatic heterocycles. The molecule has 2 aromatic rings. The molecule has 0 saturated heterocycles. The van der Waals surface area contributed by atoms with Crippen LogP contribution in [0.5, 0.6) is 5.75 Å². The van der Waals surface area contributed by atoms with E-state index in [1.807, 2.05) is 18.2 Å². The van der Waals surface area contributed by atoms with E-state index < -0.39 is 0 Å². The van der Waals surface area contributed by atoms with Gasteiger partial charge in [0.15, 0.2) is 0 Å². The molecule has 0 aliphatic heterocycles. The van der Waals surface area contributed by atoms with Crippen molar-refractivity contribution in [1.82, 2.24) is 5.43 Å². The van der Waals surface area contributed by atoms with Crippen molar-refractivity contribution in [2.24, 2.45) is 5.84 Å². The SMILES string of the molecule is COc1ccc(C(Cc2ccc(F)cc2Br)NN)cc1Br. The molecule has 0 spiro atoms. The van der Waals surface area contributed by atoms with Gasteiger partial charge < -0.3 is 4.74 Å². The van der Waals surface area contributed by atoms with Crippen molar-refractivity contribution in [3.63, 3.8) is 0 Å². The number of nitrogens with one attached hydrogen (secondary N) is 1. The van der Waals surface area contributed by atoms with Gasteiger partial charge in [0.1, 0.15) is 11.6 Å². The fraction of sp³-hybridized carbons (Fsp3) is 0.200. The first-order chi connectivity index (χ1) is 10.0. The van der Waals surface area contributed by atoms with Gasteiger partial charge in [-0.25, -0.2) is 4.39 Å². The van der Waals surface area contributed by atoms with Crippen molar-refractivity contribution in [3.05, 3.63) is 62.3 Å². The first-order valence-corrected chi connectivity index (χ1v) is 7.87. The number of rotatable bonds is 5. The molecule has 6 heteroatoms. The second kappa shape index (κ2) is 7.35. The van der Waals surface area contributed by atoms with Crippen LogP contribution in [-0.2, 0) is 6.42 Å². The van der Waals surface area contributed by atoms with Gasteiger partial charge in [-0.2, -0.15) is 0 Å². The van der Waals surface area contributed by atoms with Crippen LogP contribution in [0.1, 0.15) is 17.2 Å². The molecule has 0 bridgehead atoms. The van der Waals surface area contributed by atoms with E-state index in [1.54, 1.807) is 13.2 Å². The van der Waals surface area contributed by atoms with Crippen LogP contribution in [0.4, 0.5) is 4.39 Å². The maximum atomic E-state index is 13.1. The largest absolute Gasteiger partial charge is 0.496 e. The number of hydrogen-bond acceptors (Lipinski definition) is 3. The molecule has 1 atom stereocenters. The van der Waals surface area contributed by atoms with Crippen LogP contribution < -0.4 is 16.0 Å². The number of nitrogens with two attached hydrogens (primary N) is 1. The molecule has 0 heterocycles. The summed E-state index contributed by atoms with van der Waals surface area (Å²) in [5.74, 6) is 6.16. The first kappa shape index (κ1) is 16.4. The van der Waals surface area contributed by atoms with Crippen LogP contribution in [0.25, 0.3) is 0 Å². The van der Waals surface area contributed by atoms with Crippen LogP contribution in [0.3, 0.4) is 0 Å². The quantitative estimate of drug-likeness (QED) is 0.568. The fourth-order valence-electron chi connectivity index (χ4n) is 2.08. The van der Waals surface area contributed by atoms with E-state index in [9.17, 15) is 4.39 Å². The maximum Gasteiger partial charge on any atom is 0.133 e. The number of hydrogen-bond donors (Lipinski definition) is 2. The van der Waals surface area contributed by atoms with E-state index in [-0.39, 0.29) is 11.9 Å². The average Bonchev–Trinajstić information content (AvgIpc) is 2.46. The van der Waals surface area contributed by atoms with E-state index in [0.717, 1.165) is 25.8 Å². The van der Waals surface area contributed by atoms with Crippen LogP contribution in [0.2, 0.25) is 0 Å². The molecule has 21 heavy (non-hydrogen) atoms. The highest BCUT2D eigenvalue weighted by molar-refractivity contribution is 9.10. The molecule has 2 aromatic carbocycles. The van der Waals surface area contributed by atoms with E-state index in [2.05, 4.69) is 37.3 Å². The summed E-state index contributed by atoms with van der Waals surface area (Å²) in [5.41, 5.74) is 4.79. The minimum absolute atomic E-state index is 0.0889. The van der Waals surface area contributed by atoms with Gasteiger partial charge in [-0.05, 0) is 57.7 Å². The normalized spacial score (nSPS) is 12.2. The van der Waals surface area contributed by atoms with Crippen molar-refractivity contribution in [1.29, 1.82) is 0 Å². The van der Waals surface area contributed by atoms with E-state index >= 15 is 0 Å². The third-order valence-electron chi connectivity index (χ3n) is 3.22. The summed E-state index contributed by atoms with van der Waals surface area (Å²) < 4.78 is 19.9. The Morgan fingerprint density at radius 3 is 2.52 bits per heavy atom. The molecule has 0 radical (unpaired) electrons. The van der Waals surface area contributed by atoms with Gasteiger partial charge in [-0.1, -0.05) is 28.1 Å². The third kappa shape index (κ3) is 4.03. The summed E-state index contributed by atoms with van der Waals surface area (Å²) in [7, 11) is 1.62. The van der Waals surface area contributed by atoms with Crippen LogP contribution >= 0.6 is 31.9 Å². The Morgan fingerprint density at radius 1 is 1.19 bits per heavy atom. The second-order valence-corrected chi connectivity index (χ2v) is 6.26. The van der Waals surface area contributed by atoms with Gasteiger partial charge in [-0.15, -0.1) is 0 Å². The topological polar surface area (TPSA) is 47.3 Å². The molecule has 0 aliphatic carbocycles. The number of hydrazine groups is 1. The zero-order chi connectivity index (χ0) is 15.4. The second-order valence-electron chi connectivity index (χ2n) is 4.55. The average molecular weight is 418 g/mol. The standard InChI is InChI=1S/C15H15Br2FN2O/c1-21-15-5-3-10(6-13(15)17)14(20-19)7-9-2-4-11(18)8-12(9)16/h2-6,8,14,20H,7,19H2,1H3. The lowest BCUT2D eigenvalue weighted by molar-refractivity contribution is 0.411. The minimum Gasteiger partial charge on any atom is -0.496 e. The molecular weight excluding hydrogens is 403 g/mol. The van der Waals surface area contributed by atoms with Gasteiger partial charge in [0.2, 0.25) is 0 Å². The highest BCUT2D eigenvalue weighted by atomic mass is 79.9. The minimum atomic E-state index is -0.268. The monoisotopic (exact) mass is 416 g/mol. The Kier molecular flexibility index (Phi) is 5.75. The molecule has 112 valence electrons. The fourth-order valence-corrected chi connectivity index (χ4v) is 3.15. The third-order valence-corrected chi connectivity index (χ3v) is 4.58. The van der Waals surface area contributed by atoms with Gasteiger partial charge in [0.05, 0.1) is 17.6 Å². The molecule has 3 N–H and O–H groups in total. The number of halogens is 3. The summed E-state index contributed by atoms with van der Waals surface area (Å²) in [5, 5.41) is 0. The van der Waals surface area contributed by atoms with Crippen molar-refractivity contribution in [3.8, 4) is 5.75 Å². The number of benzene rings is 2. The number of ether oxygens (including phenoxy) is 1. The summed E-state index contributed by atoms with van der Waals surface area (Å²) in [6, 6.07) is 10.3. The lowest BCUT2D eigenvalue weighted by Gasteiger charge is -2.18.